The molecular weight excluding hydrogens is 312 g/mol. The Hall–Kier alpha value is -1.26. The third-order valence-electron chi connectivity index (χ3n) is 4.72. The van der Waals surface area contributed by atoms with Crippen LogP contribution in [0.2, 0.25) is 5.02 Å². The van der Waals surface area contributed by atoms with Crippen molar-refractivity contribution >= 4 is 23.2 Å². The third kappa shape index (κ3) is 4.39. The van der Waals surface area contributed by atoms with Gasteiger partial charge in [0.2, 0.25) is 5.91 Å². The van der Waals surface area contributed by atoms with Crippen LogP contribution in [0.15, 0.2) is 18.2 Å². The van der Waals surface area contributed by atoms with Crippen LogP contribution >= 0.6 is 11.6 Å². The van der Waals surface area contributed by atoms with Gasteiger partial charge in [-0.2, -0.15) is 0 Å². The summed E-state index contributed by atoms with van der Waals surface area (Å²) in [4.78, 5) is 12.3. The maximum Gasteiger partial charge on any atom is 0.224 e. The fourth-order valence-electron chi connectivity index (χ4n) is 3.72. The smallest absolute Gasteiger partial charge is 0.224 e. The number of fused-ring (bicyclic) bond motifs is 2. The standard InChI is InChI=1S/C18H25ClN2O2/c1-2-7-23-17-6-5-15(11-16(17)19)21-18(22)10-12-8-13-3-4-14(9-12)20-13/h5-6,11-14,20H,2-4,7-10H2,1H3,(H,21,22). The summed E-state index contributed by atoms with van der Waals surface area (Å²) in [6, 6.07) is 6.67. The van der Waals surface area contributed by atoms with Crippen molar-refractivity contribution in [2.75, 3.05) is 11.9 Å². The van der Waals surface area contributed by atoms with Crippen LogP contribution in [0.4, 0.5) is 5.69 Å². The summed E-state index contributed by atoms with van der Waals surface area (Å²) in [7, 11) is 0. The Balaban J connectivity index is 1.52. The van der Waals surface area contributed by atoms with Crippen LogP contribution in [0.5, 0.6) is 5.75 Å². The highest BCUT2D eigenvalue weighted by atomic mass is 35.5. The number of amides is 1. The van der Waals surface area contributed by atoms with E-state index >= 15 is 0 Å². The van der Waals surface area contributed by atoms with Gasteiger partial charge in [-0.15, -0.1) is 0 Å². The molecule has 0 aliphatic carbocycles. The van der Waals surface area contributed by atoms with E-state index in [2.05, 4.69) is 17.6 Å². The van der Waals surface area contributed by atoms with Crippen LogP contribution in [-0.2, 0) is 4.79 Å². The molecule has 2 aliphatic heterocycles. The molecule has 4 nitrogen and oxygen atoms in total. The minimum absolute atomic E-state index is 0.0783. The van der Waals surface area contributed by atoms with Crippen molar-refractivity contribution in [3.8, 4) is 5.75 Å². The number of hydrogen-bond acceptors (Lipinski definition) is 3. The van der Waals surface area contributed by atoms with Gasteiger partial charge in [0.05, 0.1) is 11.6 Å². The van der Waals surface area contributed by atoms with Crippen molar-refractivity contribution in [1.29, 1.82) is 0 Å². The molecule has 2 atom stereocenters. The molecular formula is C18H25ClN2O2. The maximum absolute atomic E-state index is 12.3. The zero-order chi connectivity index (χ0) is 16.2. The summed E-state index contributed by atoms with van der Waals surface area (Å²) < 4.78 is 5.55. The van der Waals surface area contributed by atoms with Gasteiger partial charge < -0.3 is 15.4 Å². The molecule has 1 amide bonds. The lowest BCUT2D eigenvalue weighted by Crippen LogP contribution is -2.39. The van der Waals surface area contributed by atoms with Crippen molar-refractivity contribution in [1.82, 2.24) is 5.32 Å². The molecule has 2 N–H and O–H groups in total. The second kappa shape index (κ2) is 7.54. The lowest BCUT2D eigenvalue weighted by Gasteiger charge is -2.28. The van der Waals surface area contributed by atoms with Gasteiger partial charge in [-0.25, -0.2) is 0 Å². The summed E-state index contributed by atoms with van der Waals surface area (Å²) in [6.07, 6.45) is 6.30. The first kappa shape index (κ1) is 16.6. The number of nitrogens with one attached hydrogen (secondary N) is 2. The van der Waals surface area contributed by atoms with Crippen molar-refractivity contribution < 1.29 is 9.53 Å². The van der Waals surface area contributed by atoms with E-state index in [4.69, 9.17) is 16.3 Å². The second-order valence-corrected chi connectivity index (χ2v) is 7.13. The number of carbonyl (C=O) groups excluding carboxylic acids is 1. The van der Waals surface area contributed by atoms with Crippen LogP contribution in [0.1, 0.15) is 45.4 Å². The number of benzene rings is 1. The van der Waals surface area contributed by atoms with E-state index < -0.39 is 0 Å². The van der Waals surface area contributed by atoms with E-state index in [9.17, 15) is 4.79 Å². The average molecular weight is 337 g/mol. The average Bonchev–Trinajstić information content (AvgIpc) is 2.85. The molecule has 3 rings (SSSR count). The van der Waals surface area contributed by atoms with Crippen LogP contribution in [0.25, 0.3) is 0 Å². The zero-order valence-electron chi connectivity index (χ0n) is 13.6. The number of halogens is 1. The number of anilines is 1. The van der Waals surface area contributed by atoms with Gasteiger partial charge in [0, 0.05) is 24.2 Å². The van der Waals surface area contributed by atoms with Crippen molar-refractivity contribution in [3.05, 3.63) is 23.2 Å². The first-order valence-electron chi connectivity index (χ1n) is 8.62. The predicted octanol–water partition coefficient (Wildman–Crippen LogP) is 3.99. The molecule has 126 valence electrons. The van der Waals surface area contributed by atoms with Crippen LogP contribution in [0.3, 0.4) is 0 Å². The number of hydrogen-bond donors (Lipinski definition) is 2. The molecule has 2 saturated heterocycles. The zero-order valence-corrected chi connectivity index (χ0v) is 14.4. The number of piperidine rings is 1. The highest BCUT2D eigenvalue weighted by Crippen LogP contribution is 2.33. The van der Waals surface area contributed by atoms with Crippen molar-refractivity contribution in [2.24, 2.45) is 5.92 Å². The Labute approximate surface area is 142 Å². The molecule has 0 saturated carbocycles. The van der Waals surface area contributed by atoms with Gasteiger partial charge in [-0.1, -0.05) is 18.5 Å². The number of ether oxygens (including phenoxy) is 1. The summed E-state index contributed by atoms with van der Waals surface area (Å²) >= 11 is 6.20. The van der Waals surface area contributed by atoms with Gasteiger partial charge in [-0.05, 0) is 56.2 Å². The molecule has 1 aromatic carbocycles. The summed E-state index contributed by atoms with van der Waals surface area (Å²) in [6.45, 7) is 2.69. The van der Waals surface area contributed by atoms with Crippen LogP contribution < -0.4 is 15.4 Å². The van der Waals surface area contributed by atoms with Crippen molar-refractivity contribution in [3.63, 3.8) is 0 Å². The van der Waals surface area contributed by atoms with E-state index in [0.29, 0.717) is 41.8 Å². The number of carbonyl (C=O) groups is 1. The topological polar surface area (TPSA) is 50.4 Å². The highest BCUT2D eigenvalue weighted by Gasteiger charge is 2.34. The van der Waals surface area contributed by atoms with E-state index in [1.807, 2.05) is 12.1 Å². The van der Waals surface area contributed by atoms with Crippen molar-refractivity contribution in [2.45, 2.75) is 57.5 Å². The molecule has 2 heterocycles. The molecule has 23 heavy (non-hydrogen) atoms. The molecule has 2 bridgehead atoms. The third-order valence-corrected chi connectivity index (χ3v) is 5.02. The van der Waals surface area contributed by atoms with E-state index in [1.54, 1.807) is 6.07 Å². The molecule has 0 radical (unpaired) electrons. The van der Waals surface area contributed by atoms with E-state index in [0.717, 1.165) is 24.9 Å². The van der Waals surface area contributed by atoms with Crippen LogP contribution in [-0.4, -0.2) is 24.6 Å². The molecule has 5 heteroatoms. The minimum Gasteiger partial charge on any atom is -0.492 e. The van der Waals surface area contributed by atoms with Gasteiger partial charge in [0.1, 0.15) is 5.75 Å². The Bertz CT molecular complexity index is 552. The van der Waals surface area contributed by atoms with Gasteiger partial charge in [-0.3, -0.25) is 4.79 Å². The second-order valence-electron chi connectivity index (χ2n) is 6.72. The maximum atomic E-state index is 12.3. The number of rotatable bonds is 6. The SMILES string of the molecule is CCCOc1ccc(NC(=O)CC2CC3CCC(C2)N3)cc1Cl. The fourth-order valence-corrected chi connectivity index (χ4v) is 3.96. The fraction of sp³-hybridized carbons (Fsp3) is 0.611. The minimum atomic E-state index is 0.0783. The molecule has 1 aromatic rings. The van der Waals surface area contributed by atoms with Gasteiger partial charge >= 0.3 is 0 Å². The largest absolute Gasteiger partial charge is 0.492 e. The monoisotopic (exact) mass is 336 g/mol. The molecule has 2 fully saturated rings. The molecule has 0 spiro atoms. The van der Waals surface area contributed by atoms with Crippen LogP contribution in [0, 0.1) is 5.92 Å². The summed E-state index contributed by atoms with van der Waals surface area (Å²) in [5.41, 5.74) is 0.737. The Morgan fingerprint density at radius 2 is 2.09 bits per heavy atom. The van der Waals surface area contributed by atoms with Gasteiger partial charge in [0.25, 0.3) is 0 Å². The van der Waals surface area contributed by atoms with E-state index in [-0.39, 0.29) is 5.91 Å². The summed E-state index contributed by atoms with van der Waals surface area (Å²) in [5, 5.41) is 7.11. The van der Waals surface area contributed by atoms with E-state index in [1.165, 1.54) is 12.8 Å². The molecule has 2 unspecified atom stereocenters. The quantitative estimate of drug-likeness (QED) is 0.826. The normalized spacial score (nSPS) is 26.1. The molecule has 0 aromatic heterocycles. The Morgan fingerprint density at radius 3 is 2.74 bits per heavy atom. The lowest BCUT2D eigenvalue weighted by molar-refractivity contribution is -0.117. The first-order valence-corrected chi connectivity index (χ1v) is 9.00. The highest BCUT2D eigenvalue weighted by molar-refractivity contribution is 6.32. The van der Waals surface area contributed by atoms with Gasteiger partial charge in [0.15, 0.2) is 0 Å². The molecule has 2 aliphatic rings. The summed E-state index contributed by atoms with van der Waals surface area (Å²) in [5.74, 6) is 1.24. The lowest BCUT2D eigenvalue weighted by atomic mass is 9.89. The predicted molar refractivity (Wildman–Crippen MR) is 93.2 cm³/mol. The first-order chi connectivity index (χ1) is 11.1. The Morgan fingerprint density at radius 1 is 1.35 bits per heavy atom. The Kier molecular flexibility index (Phi) is 5.44.